The second-order valence-electron chi connectivity index (χ2n) is 9.61. The highest BCUT2D eigenvalue weighted by molar-refractivity contribution is 6.21. The summed E-state index contributed by atoms with van der Waals surface area (Å²) in [5, 5.41) is 0. The first-order valence-electron chi connectivity index (χ1n) is 9.40. The predicted octanol–water partition coefficient (Wildman–Crippen LogP) is 5.79. The third-order valence-corrected chi connectivity index (χ3v) is 5.61. The largest absolute Gasteiger partial charge is 0.881 e. The smallest absolute Gasteiger partial charge is 0.615 e. The molecule has 0 atom stereocenters. The SMILES string of the molecule is Cc1cc2c(c(C(C)(C)C)c1)[O][Al][O]c1c(cc(C)cc1C(C)(C)C)C2. The maximum absolute atomic E-state index is 6.26. The van der Waals surface area contributed by atoms with Crippen molar-refractivity contribution in [3.63, 3.8) is 0 Å². The Morgan fingerprint density at radius 2 is 1.08 bits per heavy atom. The van der Waals surface area contributed by atoms with Crippen LogP contribution in [0.3, 0.4) is 0 Å². The zero-order valence-corrected chi connectivity index (χ0v) is 18.6. The van der Waals surface area contributed by atoms with Gasteiger partial charge in [-0.2, -0.15) is 0 Å². The minimum Gasteiger partial charge on any atom is -0.615 e. The van der Waals surface area contributed by atoms with Crippen LogP contribution in [0.2, 0.25) is 0 Å². The van der Waals surface area contributed by atoms with E-state index < -0.39 is 15.9 Å². The van der Waals surface area contributed by atoms with E-state index in [1.165, 1.54) is 33.4 Å². The Hall–Kier alpha value is -1.43. The lowest BCUT2D eigenvalue weighted by Gasteiger charge is -2.31. The van der Waals surface area contributed by atoms with E-state index in [9.17, 15) is 0 Å². The van der Waals surface area contributed by atoms with Gasteiger partial charge in [0.1, 0.15) is 0 Å². The van der Waals surface area contributed by atoms with E-state index in [1.54, 1.807) is 0 Å². The molecule has 0 aliphatic carbocycles. The van der Waals surface area contributed by atoms with Gasteiger partial charge in [-0.3, -0.25) is 0 Å². The molecule has 0 N–H and O–H groups in total. The second-order valence-corrected chi connectivity index (χ2v) is 10.3. The monoisotopic (exact) mass is 365 g/mol. The molecule has 2 aromatic rings. The van der Waals surface area contributed by atoms with Gasteiger partial charge in [0.05, 0.1) is 11.5 Å². The Bertz CT molecular complexity index is 769. The van der Waals surface area contributed by atoms with E-state index in [-0.39, 0.29) is 10.8 Å². The van der Waals surface area contributed by atoms with Crippen LogP contribution in [0.15, 0.2) is 24.3 Å². The first-order valence-corrected chi connectivity index (χ1v) is 10.3. The van der Waals surface area contributed by atoms with Gasteiger partial charge < -0.3 is 7.58 Å². The number of hydrogen-bond donors (Lipinski definition) is 0. The Kier molecular flexibility index (Phi) is 4.93. The van der Waals surface area contributed by atoms with Crippen molar-refractivity contribution in [1.82, 2.24) is 0 Å². The van der Waals surface area contributed by atoms with Gasteiger partial charge in [0.2, 0.25) is 0 Å². The van der Waals surface area contributed by atoms with Crippen molar-refractivity contribution in [3.05, 3.63) is 57.6 Å². The fraction of sp³-hybridized carbons (Fsp3) is 0.478. The van der Waals surface area contributed by atoms with Gasteiger partial charge in [-0.15, -0.1) is 0 Å². The molecule has 1 radical (unpaired) electrons. The third-order valence-electron chi connectivity index (χ3n) is 4.95. The topological polar surface area (TPSA) is 18.5 Å². The molecule has 2 nitrogen and oxygen atoms in total. The second kappa shape index (κ2) is 6.63. The van der Waals surface area contributed by atoms with Crippen LogP contribution in [0.5, 0.6) is 11.5 Å². The molecule has 0 fully saturated rings. The highest BCUT2D eigenvalue weighted by atomic mass is 27.2. The van der Waals surface area contributed by atoms with Crippen LogP contribution >= 0.6 is 0 Å². The predicted molar refractivity (Wildman–Crippen MR) is 110 cm³/mol. The van der Waals surface area contributed by atoms with Gasteiger partial charge in [-0.1, -0.05) is 76.9 Å². The van der Waals surface area contributed by atoms with Crippen LogP contribution in [0, 0.1) is 13.8 Å². The fourth-order valence-electron chi connectivity index (χ4n) is 3.68. The summed E-state index contributed by atoms with van der Waals surface area (Å²) in [6.45, 7) is 17.8. The number of aryl methyl sites for hydroxylation is 2. The zero-order chi connectivity index (χ0) is 19.3. The maximum Gasteiger partial charge on any atom is 0.881 e. The lowest BCUT2D eigenvalue weighted by atomic mass is 9.81. The molecule has 3 heteroatoms. The van der Waals surface area contributed by atoms with Gasteiger partial charge >= 0.3 is 15.9 Å². The van der Waals surface area contributed by atoms with Gasteiger partial charge in [-0.05, 0) is 46.9 Å². The number of benzene rings is 2. The molecule has 0 saturated carbocycles. The molecule has 3 rings (SSSR count). The zero-order valence-electron chi connectivity index (χ0n) is 17.4. The van der Waals surface area contributed by atoms with Crippen molar-refractivity contribution >= 4 is 15.9 Å². The number of fused-ring (bicyclic) bond motifs is 2. The first kappa shape index (κ1) is 19.3. The molecule has 0 amide bonds. The molecule has 1 heterocycles. The minimum absolute atomic E-state index is 0.0424. The van der Waals surface area contributed by atoms with E-state index >= 15 is 0 Å². The highest BCUT2D eigenvalue weighted by Crippen LogP contribution is 2.41. The lowest BCUT2D eigenvalue weighted by molar-refractivity contribution is 0.423. The summed E-state index contributed by atoms with van der Waals surface area (Å²) in [6.07, 6.45) is 0.847. The summed E-state index contributed by atoms with van der Waals surface area (Å²) in [7, 11) is 0. The molecule has 1 aliphatic heterocycles. The summed E-state index contributed by atoms with van der Waals surface area (Å²) < 4.78 is 12.5. The summed E-state index contributed by atoms with van der Waals surface area (Å²) in [5.74, 6) is 2.06. The van der Waals surface area contributed by atoms with E-state index in [4.69, 9.17) is 7.58 Å². The molecule has 0 saturated heterocycles. The normalized spacial score (nSPS) is 14.2. The van der Waals surface area contributed by atoms with Crippen LogP contribution in [0.25, 0.3) is 0 Å². The number of rotatable bonds is 0. The maximum atomic E-state index is 6.26. The standard InChI is InChI=1S/C23H32O2.Al/c1-14-9-16(20(24)18(11-14)22(3,4)5)13-17-10-15(2)12-19(21(17)25)23(6,7)8;/h9-12,24-25H,13H2,1-8H3;/q;+2/p-2. The molecule has 137 valence electrons. The summed E-state index contributed by atoms with van der Waals surface area (Å²) in [6, 6.07) is 9.08. The van der Waals surface area contributed by atoms with Crippen LogP contribution < -0.4 is 7.58 Å². The Labute approximate surface area is 165 Å². The fourth-order valence-corrected chi connectivity index (χ4v) is 4.47. The van der Waals surface area contributed by atoms with Gasteiger partial charge in [0, 0.05) is 6.42 Å². The molecule has 0 spiro atoms. The Balaban J connectivity index is 2.20. The summed E-state index contributed by atoms with van der Waals surface area (Å²) in [4.78, 5) is 0. The van der Waals surface area contributed by atoms with E-state index in [2.05, 4.69) is 79.7 Å². The van der Waals surface area contributed by atoms with Crippen LogP contribution in [0.1, 0.15) is 74.9 Å². The Morgan fingerprint density at radius 1 is 0.692 bits per heavy atom. The molecular formula is C23H30AlO2. The van der Waals surface area contributed by atoms with E-state index in [1.807, 2.05) is 0 Å². The summed E-state index contributed by atoms with van der Waals surface area (Å²) >= 11 is -0.590. The van der Waals surface area contributed by atoms with Crippen molar-refractivity contribution in [2.45, 2.75) is 72.6 Å². The van der Waals surface area contributed by atoms with Gasteiger partial charge in [0.25, 0.3) is 0 Å². The van der Waals surface area contributed by atoms with Crippen molar-refractivity contribution in [1.29, 1.82) is 0 Å². The molecule has 26 heavy (non-hydrogen) atoms. The molecular weight excluding hydrogens is 335 g/mol. The molecule has 2 aromatic carbocycles. The minimum atomic E-state index is -0.590. The number of hydrogen-bond acceptors (Lipinski definition) is 2. The lowest BCUT2D eigenvalue weighted by Crippen LogP contribution is -2.23. The van der Waals surface area contributed by atoms with Crippen LogP contribution in [0.4, 0.5) is 0 Å². The highest BCUT2D eigenvalue weighted by Gasteiger charge is 2.28. The quantitative estimate of drug-likeness (QED) is 0.550. The molecule has 0 bridgehead atoms. The molecule has 0 aromatic heterocycles. The van der Waals surface area contributed by atoms with E-state index in [0.29, 0.717) is 0 Å². The van der Waals surface area contributed by atoms with Crippen LogP contribution in [-0.2, 0) is 17.3 Å². The van der Waals surface area contributed by atoms with Crippen molar-refractivity contribution in [2.24, 2.45) is 0 Å². The van der Waals surface area contributed by atoms with Crippen molar-refractivity contribution in [3.8, 4) is 11.5 Å². The average Bonchev–Trinajstić information content (AvgIpc) is 2.46. The van der Waals surface area contributed by atoms with Crippen molar-refractivity contribution < 1.29 is 7.58 Å². The molecule has 1 aliphatic rings. The Morgan fingerprint density at radius 3 is 1.42 bits per heavy atom. The van der Waals surface area contributed by atoms with E-state index in [0.717, 1.165) is 17.9 Å². The first-order chi connectivity index (χ1) is 12.0. The third kappa shape index (κ3) is 3.80. The molecule has 0 unspecified atom stereocenters. The summed E-state index contributed by atoms with van der Waals surface area (Å²) in [5.41, 5.74) is 7.76. The van der Waals surface area contributed by atoms with Crippen LogP contribution in [-0.4, -0.2) is 15.9 Å². The van der Waals surface area contributed by atoms with Crippen molar-refractivity contribution in [2.75, 3.05) is 0 Å². The van der Waals surface area contributed by atoms with Gasteiger partial charge in [-0.25, -0.2) is 0 Å². The average molecular weight is 365 g/mol. The van der Waals surface area contributed by atoms with Gasteiger partial charge in [0.15, 0.2) is 0 Å².